The predicted octanol–water partition coefficient (Wildman–Crippen LogP) is 1.67. The minimum Gasteiger partial charge on any atom is -0.0651 e. The molecule has 0 spiro atoms. The second kappa shape index (κ2) is 5.92. The number of rotatable bonds is 1. The molecule has 0 nitrogen and oxygen atoms in total. The van der Waals surface area contributed by atoms with Crippen LogP contribution in [-0.2, 0) is 0 Å². The molecule has 6 heavy (non-hydrogen) atoms. The Kier molecular flexibility index (Phi) is 9.89. The van der Waals surface area contributed by atoms with Crippen LogP contribution in [0.2, 0.25) is 0 Å². The molecule has 0 aliphatic rings. The molecular weight excluding hydrogens is 267 g/mol. The third kappa shape index (κ3) is 8.87. The summed E-state index contributed by atoms with van der Waals surface area (Å²) in [5.41, 5.74) is 0. The molecule has 0 bridgehead atoms. The molecule has 1 heteroatoms. The van der Waals surface area contributed by atoms with E-state index in [9.17, 15) is 0 Å². The van der Waals surface area contributed by atoms with Gasteiger partial charge in [0.1, 0.15) is 0 Å². The Balaban J connectivity index is 0. The Morgan fingerprint density at radius 3 is 1.50 bits per heavy atom. The van der Waals surface area contributed by atoms with Crippen molar-refractivity contribution in [1.29, 1.82) is 0 Å². The maximum Gasteiger partial charge on any atom is 0 e. The minimum atomic E-state index is 0. The fourth-order valence-electron chi connectivity index (χ4n) is 0. The maximum atomic E-state index is 2.22. The quantitative estimate of drug-likeness (QED) is 0.641. The van der Waals surface area contributed by atoms with Crippen LogP contribution in [0.25, 0.3) is 0 Å². The fraction of sp³-hybridized carbons (Fsp3) is 1.00. The molecule has 0 N–H and O–H groups in total. The van der Waals surface area contributed by atoms with E-state index >= 15 is 0 Å². The summed E-state index contributed by atoms with van der Waals surface area (Å²) in [6, 6.07) is 0. The van der Waals surface area contributed by atoms with Crippen molar-refractivity contribution >= 4 is 27.3 Å². The zero-order chi connectivity index (χ0) is 4.28. The molecular formula is C5H12Pb. The molecule has 0 amide bonds. The Morgan fingerprint density at radius 1 is 1.33 bits per heavy atom. The maximum absolute atomic E-state index is 2.22. The van der Waals surface area contributed by atoms with Gasteiger partial charge in [-0.25, -0.2) is 0 Å². The summed E-state index contributed by atoms with van der Waals surface area (Å²) in [4.78, 5) is 0. The summed E-state index contributed by atoms with van der Waals surface area (Å²) in [6.45, 7) is 6.64. The summed E-state index contributed by atoms with van der Waals surface area (Å²) >= 11 is 0. The average Bonchev–Trinajstić information content (AvgIpc) is 1.38. The Bertz CT molecular complexity index is 17.9. The van der Waals surface area contributed by atoms with Crippen LogP contribution in [0.4, 0.5) is 0 Å². The molecule has 0 atom stereocenters. The van der Waals surface area contributed by atoms with Gasteiger partial charge in [0.15, 0.2) is 0 Å². The second-order valence-electron chi connectivity index (χ2n) is 1.80. The van der Waals surface area contributed by atoms with E-state index in [1.54, 1.807) is 0 Å². The number of hydrogen-bond donors (Lipinski definition) is 0. The first-order valence-electron chi connectivity index (χ1n) is 2.27. The van der Waals surface area contributed by atoms with Crippen molar-refractivity contribution in [1.82, 2.24) is 0 Å². The standard InChI is InChI=1S/C5H12.Pb/c1-4-5(2)3;/h5H,4H2,1-3H3;. The molecule has 0 fully saturated rings. The zero-order valence-electron chi connectivity index (χ0n) is 4.78. The van der Waals surface area contributed by atoms with Crippen molar-refractivity contribution in [3.63, 3.8) is 0 Å². The zero-order valence-corrected chi connectivity index (χ0v) is 8.67. The molecule has 4 radical (unpaired) electrons. The summed E-state index contributed by atoms with van der Waals surface area (Å²) in [5.74, 6) is 0.884. The van der Waals surface area contributed by atoms with Gasteiger partial charge in [-0.1, -0.05) is 27.2 Å². The summed E-state index contributed by atoms with van der Waals surface area (Å²) in [5, 5.41) is 0. The number of hydrogen-bond acceptors (Lipinski definition) is 0. The Labute approximate surface area is 60.5 Å². The van der Waals surface area contributed by atoms with Crippen molar-refractivity contribution < 1.29 is 0 Å². The SMILES string of the molecule is CCC(C)C.[Pb]. The van der Waals surface area contributed by atoms with Gasteiger partial charge >= 0.3 is 0 Å². The van der Waals surface area contributed by atoms with Crippen LogP contribution in [0.5, 0.6) is 0 Å². The molecule has 0 aromatic carbocycles. The van der Waals surface area contributed by atoms with Gasteiger partial charge in [0.05, 0.1) is 0 Å². The monoisotopic (exact) mass is 280 g/mol. The molecule has 0 heterocycles. The van der Waals surface area contributed by atoms with Crippen LogP contribution in [0.15, 0.2) is 0 Å². The molecule has 0 aromatic rings. The van der Waals surface area contributed by atoms with Crippen LogP contribution < -0.4 is 0 Å². The molecule has 36 valence electrons. The van der Waals surface area contributed by atoms with Crippen molar-refractivity contribution in [3.8, 4) is 0 Å². The smallest absolute Gasteiger partial charge is 0 e. The molecule has 0 saturated carbocycles. The third-order valence-corrected chi connectivity index (χ3v) is 0.816. The second-order valence-corrected chi connectivity index (χ2v) is 1.80. The van der Waals surface area contributed by atoms with Gasteiger partial charge in [-0.05, 0) is 5.92 Å². The van der Waals surface area contributed by atoms with Gasteiger partial charge in [0.2, 0.25) is 0 Å². The summed E-state index contributed by atoms with van der Waals surface area (Å²) in [6.07, 6.45) is 1.31. The molecule has 0 aliphatic carbocycles. The van der Waals surface area contributed by atoms with E-state index in [1.165, 1.54) is 6.42 Å². The van der Waals surface area contributed by atoms with Crippen LogP contribution in [0, 0.1) is 5.92 Å². The Morgan fingerprint density at radius 2 is 1.50 bits per heavy atom. The van der Waals surface area contributed by atoms with Gasteiger partial charge in [-0.15, -0.1) is 0 Å². The van der Waals surface area contributed by atoms with Crippen molar-refractivity contribution in [3.05, 3.63) is 0 Å². The van der Waals surface area contributed by atoms with Crippen LogP contribution >= 0.6 is 0 Å². The van der Waals surface area contributed by atoms with E-state index in [1.807, 2.05) is 0 Å². The van der Waals surface area contributed by atoms with Gasteiger partial charge in [-0.3, -0.25) is 0 Å². The summed E-state index contributed by atoms with van der Waals surface area (Å²) in [7, 11) is 0. The van der Waals surface area contributed by atoms with E-state index in [2.05, 4.69) is 20.8 Å². The molecule has 0 aliphatic heterocycles. The molecule has 0 rings (SSSR count). The van der Waals surface area contributed by atoms with E-state index in [4.69, 9.17) is 0 Å². The van der Waals surface area contributed by atoms with Gasteiger partial charge < -0.3 is 0 Å². The average molecular weight is 279 g/mol. The van der Waals surface area contributed by atoms with E-state index in [-0.39, 0.29) is 27.3 Å². The van der Waals surface area contributed by atoms with Crippen molar-refractivity contribution in [2.45, 2.75) is 27.2 Å². The first kappa shape index (κ1) is 10.0. The molecule has 0 aromatic heterocycles. The first-order valence-corrected chi connectivity index (χ1v) is 2.27. The molecule has 0 unspecified atom stereocenters. The first-order chi connectivity index (χ1) is 2.27. The predicted molar refractivity (Wildman–Crippen MR) is 30.9 cm³/mol. The fourth-order valence-corrected chi connectivity index (χ4v) is 0. The molecule has 0 saturated heterocycles. The van der Waals surface area contributed by atoms with E-state index in [0.29, 0.717) is 0 Å². The van der Waals surface area contributed by atoms with Crippen molar-refractivity contribution in [2.24, 2.45) is 5.92 Å². The van der Waals surface area contributed by atoms with Gasteiger partial charge in [0.25, 0.3) is 0 Å². The Hall–Kier alpha value is 0.922. The normalized spacial score (nSPS) is 8.00. The third-order valence-electron chi connectivity index (χ3n) is 0.816. The minimum absolute atomic E-state index is 0. The van der Waals surface area contributed by atoms with Gasteiger partial charge in [0, 0.05) is 27.3 Å². The van der Waals surface area contributed by atoms with E-state index in [0.717, 1.165) is 5.92 Å². The topological polar surface area (TPSA) is 0 Å². The van der Waals surface area contributed by atoms with Gasteiger partial charge in [-0.2, -0.15) is 0 Å². The van der Waals surface area contributed by atoms with Crippen LogP contribution in [-0.4, -0.2) is 27.3 Å². The van der Waals surface area contributed by atoms with Crippen LogP contribution in [0.3, 0.4) is 0 Å². The van der Waals surface area contributed by atoms with Crippen molar-refractivity contribution in [2.75, 3.05) is 0 Å². The van der Waals surface area contributed by atoms with E-state index < -0.39 is 0 Å². The van der Waals surface area contributed by atoms with Crippen LogP contribution in [0.1, 0.15) is 27.2 Å². The largest absolute Gasteiger partial charge is 0.0651 e. The summed E-state index contributed by atoms with van der Waals surface area (Å²) < 4.78 is 0.